The molecule has 0 aliphatic carbocycles. The maximum absolute atomic E-state index is 6.07. The molecule has 24 heavy (non-hydrogen) atoms. The lowest BCUT2D eigenvalue weighted by atomic mass is 10.1. The first-order valence-electron chi connectivity index (χ1n) is 7.71. The number of hydrogen-bond acceptors (Lipinski definition) is 5. The van der Waals surface area contributed by atoms with Crippen molar-refractivity contribution in [1.29, 1.82) is 0 Å². The zero-order chi connectivity index (χ0) is 16.8. The van der Waals surface area contributed by atoms with Crippen molar-refractivity contribution < 1.29 is 14.3 Å². The third-order valence-electron chi connectivity index (χ3n) is 3.62. The second-order valence-corrected chi connectivity index (χ2v) is 5.80. The Hall–Kier alpha value is -2.24. The van der Waals surface area contributed by atoms with Crippen LogP contribution in [-0.2, 0) is 4.84 Å². The van der Waals surface area contributed by atoms with Crippen molar-refractivity contribution in [2.75, 3.05) is 26.8 Å². The highest BCUT2D eigenvalue weighted by atomic mass is 35.5. The summed E-state index contributed by atoms with van der Waals surface area (Å²) in [6, 6.07) is 15.1. The average Bonchev–Trinajstić information content (AvgIpc) is 2.57. The Labute approximate surface area is 146 Å². The third-order valence-corrected chi connectivity index (χ3v) is 3.85. The van der Waals surface area contributed by atoms with Crippen LogP contribution in [0.5, 0.6) is 11.5 Å². The van der Waals surface area contributed by atoms with Crippen molar-refractivity contribution in [2.24, 2.45) is 5.16 Å². The fourth-order valence-corrected chi connectivity index (χ4v) is 2.43. The summed E-state index contributed by atoms with van der Waals surface area (Å²) in [4.78, 5) is 4.93. The maximum Gasteiger partial charge on any atom is 0.163 e. The van der Waals surface area contributed by atoms with E-state index in [1.54, 1.807) is 18.2 Å². The average molecular weight is 347 g/mol. The molecule has 2 aromatic carbocycles. The van der Waals surface area contributed by atoms with Gasteiger partial charge in [0.15, 0.2) is 11.5 Å². The van der Waals surface area contributed by atoms with Crippen molar-refractivity contribution in [3.63, 3.8) is 0 Å². The van der Waals surface area contributed by atoms with E-state index in [-0.39, 0.29) is 12.7 Å². The van der Waals surface area contributed by atoms with E-state index in [2.05, 4.69) is 10.5 Å². The van der Waals surface area contributed by atoms with Crippen LogP contribution in [0.4, 0.5) is 0 Å². The molecule has 5 nitrogen and oxygen atoms in total. The van der Waals surface area contributed by atoms with Gasteiger partial charge < -0.3 is 19.6 Å². The highest BCUT2D eigenvalue weighted by Gasteiger charge is 2.20. The van der Waals surface area contributed by atoms with Crippen LogP contribution in [0.1, 0.15) is 5.56 Å². The normalized spacial score (nSPS) is 14.8. The summed E-state index contributed by atoms with van der Waals surface area (Å²) in [5.74, 6) is 1.27. The molecule has 1 N–H and O–H groups in total. The van der Waals surface area contributed by atoms with Gasteiger partial charge in [-0.25, -0.2) is 0 Å². The van der Waals surface area contributed by atoms with Gasteiger partial charge >= 0.3 is 0 Å². The molecule has 0 atom stereocenters. The van der Waals surface area contributed by atoms with Crippen LogP contribution in [-0.4, -0.2) is 38.6 Å². The maximum atomic E-state index is 6.07. The van der Waals surface area contributed by atoms with Gasteiger partial charge in [0.1, 0.15) is 25.5 Å². The minimum Gasteiger partial charge on any atom is -0.484 e. The molecule has 2 aromatic rings. The van der Waals surface area contributed by atoms with Gasteiger partial charge in [-0.05, 0) is 12.1 Å². The van der Waals surface area contributed by atoms with Gasteiger partial charge in [-0.2, -0.15) is 0 Å². The standard InChI is InChI=1S/C18H19ClN2O3/c1-22-21-16(13-5-3-2-4-6-13)12-23-17-8-7-14(19)9-18(17)24-15-10-20-11-15/h2-9,15,20H,10-12H2,1H3/b21-16-. The van der Waals surface area contributed by atoms with Gasteiger partial charge in [-0.15, -0.1) is 0 Å². The van der Waals surface area contributed by atoms with Crippen LogP contribution in [0, 0.1) is 0 Å². The molecule has 0 spiro atoms. The summed E-state index contributed by atoms with van der Waals surface area (Å²) < 4.78 is 11.8. The smallest absolute Gasteiger partial charge is 0.163 e. The lowest BCUT2D eigenvalue weighted by molar-refractivity contribution is 0.136. The molecule has 0 radical (unpaired) electrons. The topological polar surface area (TPSA) is 52.1 Å². The van der Waals surface area contributed by atoms with Gasteiger partial charge in [0.25, 0.3) is 0 Å². The summed E-state index contributed by atoms with van der Waals surface area (Å²) in [5.41, 5.74) is 1.64. The fraction of sp³-hybridized carbons (Fsp3) is 0.278. The van der Waals surface area contributed by atoms with Crippen molar-refractivity contribution in [3.8, 4) is 11.5 Å². The number of oxime groups is 1. The number of nitrogens with zero attached hydrogens (tertiary/aromatic N) is 1. The molecule has 1 aliphatic heterocycles. The van der Waals surface area contributed by atoms with Crippen molar-refractivity contribution in [2.45, 2.75) is 6.10 Å². The zero-order valence-electron chi connectivity index (χ0n) is 13.4. The molecule has 0 bridgehead atoms. The van der Waals surface area contributed by atoms with Crippen LogP contribution in [0.2, 0.25) is 5.02 Å². The van der Waals surface area contributed by atoms with E-state index in [9.17, 15) is 0 Å². The highest BCUT2D eigenvalue weighted by molar-refractivity contribution is 6.30. The van der Waals surface area contributed by atoms with Crippen LogP contribution in [0.25, 0.3) is 0 Å². The fourth-order valence-electron chi connectivity index (χ4n) is 2.27. The largest absolute Gasteiger partial charge is 0.484 e. The van der Waals surface area contributed by atoms with Gasteiger partial charge in [-0.3, -0.25) is 0 Å². The van der Waals surface area contributed by atoms with E-state index in [4.69, 9.17) is 25.9 Å². The highest BCUT2D eigenvalue weighted by Crippen LogP contribution is 2.31. The number of halogens is 1. The predicted octanol–water partition coefficient (Wildman–Crippen LogP) is 3.12. The number of rotatable bonds is 7. The molecule has 0 aromatic heterocycles. The SMILES string of the molecule is CO/N=C(/COc1ccc(Cl)cc1OC1CNC1)c1ccccc1. The molecule has 1 heterocycles. The Kier molecular flexibility index (Phi) is 5.56. The summed E-state index contributed by atoms with van der Waals surface area (Å²) in [6.45, 7) is 1.91. The molecule has 1 saturated heterocycles. The summed E-state index contributed by atoms with van der Waals surface area (Å²) in [7, 11) is 1.52. The quantitative estimate of drug-likeness (QED) is 0.618. The molecule has 126 valence electrons. The molecule has 6 heteroatoms. The monoisotopic (exact) mass is 346 g/mol. The first-order chi connectivity index (χ1) is 11.8. The van der Waals surface area contributed by atoms with Crippen molar-refractivity contribution in [3.05, 3.63) is 59.1 Å². The summed E-state index contributed by atoms with van der Waals surface area (Å²) in [5, 5.41) is 7.84. The Bertz CT molecular complexity index is 703. The van der Waals surface area contributed by atoms with Crippen molar-refractivity contribution in [1.82, 2.24) is 5.32 Å². The minimum absolute atomic E-state index is 0.145. The summed E-state index contributed by atoms with van der Waals surface area (Å²) in [6.07, 6.45) is 0.145. The van der Waals surface area contributed by atoms with Gasteiger partial charge in [0, 0.05) is 29.7 Å². The van der Waals surface area contributed by atoms with Crippen LogP contribution in [0.15, 0.2) is 53.7 Å². The van der Waals surface area contributed by atoms with E-state index in [1.165, 1.54) is 7.11 Å². The zero-order valence-corrected chi connectivity index (χ0v) is 14.1. The van der Waals surface area contributed by atoms with Gasteiger partial charge in [0.2, 0.25) is 0 Å². The van der Waals surface area contributed by atoms with E-state index in [1.807, 2.05) is 30.3 Å². The second-order valence-electron chi connectivity index (χ2n) is 5.36. The molecular formula is C18H19ClN2O3. The van der Waals surface area contributed by atoms with E-state index < -0.39 is 0 Å². The number of hydrogen-bond donors (Lipinski definition) is 1. The molecule has 1 fully saturated rings. The second kappa shape index (κ2) is 8.04. The Balaban J connectivity index is 1.73. The van der Waals surface area contributed by atoms with E-state index in [0.29, 0.717) is 22.2 Å². The number of benzene rings is 2. The molecule has 0 unspecified atom stereocenters. The minimum atomic E-state index is 0.145. The molecule has 0 amide bonds. The van der Waals surface area contributed by atoms with Gasteiger partial charge in [-0.1, -0.05) is 47.1 Å². The molecule has 0 saturated carbocycles. The van der Waals surface area contributed by atoms with Gasteiger partial charge in [0.05, 0.1) is 0 Å². The molecule has 1 aliphatic rings. The van der Waals surface area contributed by atoms with E-state index in [0.717, 1.165) is 18.7 Å². The van der Waals surface area contributed by atoms with Crippen molar-refractivity contribution >= 4 is 17.3 Å². The summed E-state index contributed by atoms with van der Waals surface area (Å²) >= 11 is 6.07. The van der Waals surface area contributed by atoms with Crippen LogP contribution >= 0.6 is 11.6 Å². The van der Waals surface area contributed by atoms with E-state index >= 15 is 0 Å². The number of ether oxygens (including phenoxy) is 2. The molecular weight excluding hydrogens is 328 g/mol. The first-order valence-corrected chi connectivity index (χ1v) is 8.09. The van der Waals surface area contributed by atoms with Crippen LogP contribution in [0.3, 0.4) is 0 Å². The van der Waals surface area contributed by atoms with Crippen LogP contribution < -0.4 is 14.8 Å². The first kappa shape index (κ1) is 16.6. The lowest BCUT2D eigenvalue weighted by Gasteiger charge is -2.28. The Morgan fingerprint density at radius 1 is 1.17 bits per heavy atom. The Morgan fingerprint density at radius 3 is 2.62 bits per heavy atom. The predicted molar refractivity (Wildman–Crippen MR) is 94.2 cm³/mol. The third kappa shape index (κ3) is 4.19. The lowest BCUT2D eigenvalue weighted by Crippen LogP contribution is -2.50. The Morgan fingerprint density at radius 2 is 1.96 bits per heavy atom. The molecule has 3 rings (SSSR count). The number of nitrogens with one attached hydrogen (secondary N) is 1.